The molecule has 0 amide bonds. The van der Waals surface area contributed by atoms with Crippen molar-refractivity contribution in [2.75, 3.05) is 4.90 Å². The molecule has 6 rings (SSSR count). The van der Waals surface area contributed by atoms with Gasteiger partial charge in [0.15, 0.2) is 17.3 Å². The first kappa shape index (κ1) is 20.3. The number of carbonyl (C=O) groups excluding carboxylic acids is 3. The number of para-hydroxylation sites is 1. The van der Waals surface area contributed by atoms with E-state index in [2.05, 4.69) is 15.9 Å². The number of Topliss-reactive ketones (excluding diaryl/α,β-unsaturated/α-hetero) is 3. The molecule has 162 valence electrons. The fourth-order valence-electron chi connectivity index (χ4n) is 6.11. The Bertz CT molecular complexity index is 1340. The number of hydrogen-bond acceptors (Lipinski definition) is 4. The topological polar surface area (TPSA) is 54.5 Å². The van der Waals surface area contributed by atoms with Crippen molar-refractivity contribution in [2.45, 2.75) is 24.9 Å². The molecule has 1 aliphatic carbocycles. The van der Waals surface area contributed by atoms with Gasteiger partial charge in [0.1, 0.15) is 5.41 Å². The van der Waals surface area contributed by atoms with Crippen LogP contribution >= 0.6 is 15.9 Å². The molecule has 0 saturated carbocycles. The van der Waals surface area contributed by atoms with Crippen molar-refractivity contribution < 1.29 is 14.4 Å². The molecule has 0 bridgehead atoms. The van der Waals surface area contributed by atoms with Gasteiger partial charge in [-0.15, -0.1) is 0 Å². The Labute approximate surface area is 200 Å². The number of nitrogens with zero attached hydrogens (tertiary/aromatic N) is 1. The van der Waals surface area contributed by atoms with Gasteiger partial charge in [-0.3, -0.25) is 14.4 Å². The summed E-state index contributed by atoms with van der Waals surface area (Å²) < 4.78 is 0.896. The SMILES string of the molecule is CC(=O)[C@@H]1[C@@H](c2ccc(Br)cc2)C2(C(=O)c3ccccc3C2=O)[C@@H]2C=Cc3ccccc3N12. The summed E-state index contributed by atoms with van der Waals surface area (Å²) in [5.41, 5.74) is 2.15. The quantitative estimate of drug-likeness (QED) is 0.440. The highest BCUT2D eigenvalue weighted by Crippen LogP contribution is 2.60. The largest absolute Gasteiger partial charge is 0.352 e. The van der Waals surface area contributed by atoms with Gasteiger partial charge in [-0.2, -0.15) is 0 Å². The molecule has 3 aliphatic rings. The zero-order valence-electron chi connectivity index (χ0n) is 17.9. The standard InChI is InChI=1S/C28H20BrNO3/c1-16(31)25-24(18-10-13-19(29)14-11-18)28(26(32)20-7-3-4-8-21(20)27(28)33)23-15-12-17-6-2-5-9-22(17)30(23)25/h2-15,23-25H,1H3/t23-,24+,25+/m0/s1. The number of anilines is 1. The molecule has 33 heavy (non-hydrogen) atoms. The molecule has 0 aromatic heterocycles. The summed E-state index contributed by atoms with van der Waals surface area (Å²) in [6, 6.07) is 21.3. The van der Waals surface area contributed by atoms with Crippen LogP contribution in [0.5, 0.6) is 0 Å². The minimum Gasteiger partial charge on any atom is -0.352 e. The molecular formula is C28H20BrNO3. The van der Waals surface area contributed by atoms with E-state index in [1.54, 1.807) is 31.2 Å². The third-order valence-corrected chi connectivity index (χ3v) is 7.89. The Morgan fingerprint density at radius 1 is 0.879 bits per heavy atom. The Morgan fingerprint density at radius 3 is 2.12 bits per heavy atom. The second kappa shape index (κ2) is 7.09. The summed E-state index contributed by atoms with van der Waals surface area (Å²) in [6.07, 6.45) is 3.92. The van der Waals surface area contributed by atoms with E-state index in [-0.39, 0.29) is 17.3 Å². The maximum absolute atomic E-state index is 14.2. The molecule has 0 N–H and O–H groups in total. The van der Waals surface area contributed by atoms with Crippen molar-refractivity contribution in [3.63, 3.8) is 0 Å². The molecule has 4 nitrogen and oxygen atoms in total. The zero-order valence-corrected chi connectivity index (χ0v) is 19.5. The van der Waals surface area contributed by atoms with E-state index in [4.69, 9.17) is 0 Å². The highest BCUT2D eigenvalue weighted by atomic mass is 79.9. The van der Waals surface area contributed by atoms with E-state index in [0.29, 0.717) is 11.1 Å². The Kier molecular flexibility index (Phi) is 4.36. The maximum atomic E-state index is 14.2. The summed E-state index contributed by atoms with van der Waals surface area (Å²) in [6.45, 7) is 1.56. The van der Waals surface area contributed by atoms with Crippen molar-refractivity contribution in [2.24, 2.45) is 5.41 Å². The van der Waals surface area contributed by atoms with Gasteiger partial charge in [-0.05, 0) is 36.2 Å². The summed E-state index contributed by atoms with van der Waals surface area (Å²) in [4.78, 5) is 43.7. The molecule has 3 aromatic rings. The van der Waals surface area contributed by atoms with E-state index >= 15 is 0 Å². The fraction of sp³-hybridized carbons (Fsp3) is 0.179. The Hall–Kier alpha value is -3.31. The lowest BCUT2D eigenvalue weighted by Crippen LogP contribution is -2.48. The van der Waals surface area contributed by atoms with Gasteiger partial charge >= 0.3 is 0 Å². The number of hydrogen-bond donors (Lipinski definition) is 0. The van der Waals surface area contributed by atoms with Gasteiger partial charge in [0.2, 0.25) is 0 Å². The van der Waals surface area contributed by atoms with Gasteiger partial charge < -0.3 is 4.90 Å². The molecule has 1 fully saturated rings. The number of fused-ring (bicyclic) bond motifs is 5. The molecule has 1 saturated heterocycles. The Morgan fingerprint density at radius 2 is 1.48 bits per heavy atom. The van der Waals surface area contributed by atoms with Crippen LogP contribution in [0, 0.1) is 5.41 Å². The number of halogens is 1. The lowest BCUT2D eigenvalue weighted by molar-refractivity contribution is -0.118. The van der Waals surface area contributed by atoms with Crippen LogP contribution in [0.3, 0.4) is 0 Å². The summed E-state index contributed by atoms with van der Waals surface area (Å²) in [5, 5.41) is 0. The predicted molar refractivity (Wildman–Crippen MR) is 131 cm³/mol. The third-order valence-electron chi connectivity index (χ3n) is 7.36. The van der Waals surface area contributed by atoms with Crippen LogP contribution in [0.4, 0.5) is 5.69 Å². The number of benzene rings is 3. The van der Waals surface area contributed by atoms with Crippen LogP contribution in [0.25, 0.3) is 6.08 Å². The summed E-state index contributed by atoms with van der Waals surface area (Å²) in [7, 11) is 0. The summed E-state index contributed by atoms with van der Waals surface area (Å²) >= 11 is 3.48. The van der Waals surface area contributed by atoms with Crippen LogP contribution < -0.4 is 4.90 Å². The molecule has 0 unspecified atom stereocenters. The second-order valence-corrected chi connectivity index (χ2v) is 9.84. The maximum Gasteiger partial charge on any atom is 0.180 e. The van der Waals surface area contributed by atoms with Gasteiger partial charge in [0.25, 0.3) is 0 Å². The van der Waals surface area contributed by atoms with Crippen molar-refractivity contribution in [3.05, 3.63) is 106 Å². The molecule has 5 heteroatoms. The third kappa shape index (κ3) is 2.54. The number of rotatable bonds is 2. The molecular weight excluding hydrogens is 478 g/mol. The van der Waals surface area contributed by atoms with E-state index in [1.165, 1.54) is 0 Å². The van der Waals surface area contributed by atoms with Crippen molar-refractivity contribution in [1.29, 1.82) is 0 Å². The Balaban J connectivity index is 1.68. The first-order valence-corrected chi connectivity index (χ1v) is 11.8. The smallest absolute Gasteiger partial charge is 0.180 e. The molecule has 0 radical (unpaired) electrons. The normalized spacial score (nSPS) is 24.1. The van der Waals surface area contributed by atoms with E-state index in [0.717, 1.165) is 21.3 Å². The molecule has 1 spiro atoms. The highest BCUT2D eigenvalue weighted by molar-refractivity contribution is 9.10. The first-order valence-electron chi connectivity index (χ1n) is 11.0. The van der Waals surface area contributed by atoms with Crippen LogP contribution in [0.15, 0.2) is 83.3 Å². The molecule has 3 atom stereocenters. The average molecular weight is 498 g/mol. The van der Waals surface area contributed by atoms with Gasteiger partial charge in [-0.1, -0.05) is 82.7 Å². The van der Waals surface area contributed by atoms with Crippen molar-refractivity contribution >= 4 is 45.0 Å². The first-order chi connectivity index (χ1) is 16.0. The average Bonchev–Trinajstić information content (AvgIpc) is 3.27. The number of carbonyl (C=O) groups is 3. The van der Waals surface area contributed by atoms with Crippen LogP contribution in [-0.4, -0.2) is 29.4 Å². The van der Waals surface area contributed by atoms with Gasteiger partial charge in [0.05, 0.1) is 12.1 Å². The van der Waals surface area contributed by atoms with Crippen molar-refractivity contribution in [3.8, 4) is 0 Å². The zero-order chi connectivity index (χ0) is 22.9. The van der Waals surface area contributed by atoms with E-state index < -0.39 is 23.4 Å². The summed E-state index contributed by atoms with van der Waals surface area (Å²) in [5.74, 6) is -1.07. The van der Waals surface area contributed by atoms with E-state index in [1.807, 2.05) is 65.6 Å². The molecule has 3 aromatic carbocycles. The van der Waals surface area contributed by atoms with Crippen LogP contribution in [0.2, 0.25) is 0 Å². The van der Waals surface area contributed by atoms with E-state index in [9.17, 15) is 14.4 Å². The van der Waals surface area contributed by atoms with Gasteiger partial charge in [-0.25, -0.2) is 0 Å². The van der Waals surface area contributed by atoms with Crippen molar-refractivity contribution in [1.82, 2.24) is 0 Å². The lowest BCUT2D eigenvalue weighted by Gasteiger charge is -2.37. The lowest BCUT2D eigenvalue weighted by atomic mass is 9.64. The number of ketones is 3. The molecule has 2 aliphatic heterocycles. The fourth-order valence-corrected chi connectivity index (χ4v) is 6.38. The van der Waals surface area contributed by atoms with Crippen LogP contribution in [0.1, 0.15) is 44.7 Å². The van der Waals surface area contributed by atoms with Crippen LogP contribution in [-0.2, 0) is 4.79 Å². The monoisotopic (exact) mass is 497 g/mol. The predicted octanol–water partition coefficient (Wildman–Crippen LogP) is 5.47. The minimum absolute atomic E-state index is 0.0635. The minimum atomic E-state index is -1.40. The highest BCUT2D eigenvalue weighted by Gasteiger charge is 2.71. The van der Waals surface area contributed by atoms with Gasteiger partial charge in [0, 0.05) is 27.2 Å². The second-order valence-electron chi connectivity index (χ2n) is 8.93. The molecule has 2 heterocycles.